The van der Waals surface area contributed by atoms with E-state index in [2.05, 4.69) is 84.8 Å². The zero-order valence-electron chi connectivity index (χ0n) is 15.4. The Kier molecular flexibility index (Phi) is 4.48. The van der Waals surface area contributed by atoms with Crippen molar-refractivity contribution in [3.63, 3.8) is 0 Å². The molecule has 3 heteroatoms. The van der Waals surface area contributed by atoms with E-state index in [0.29, 0.717) is 10.2 Å². The van der Waals surface area contributed by atoms with Crippen molar-refractivity contribution in [2.24, 2.45) is 4.99 Å². The van der Waals surface area contributed by atoms with Gasteiger partial charge in [-0.1, -0.05) is 91.0 Å². The fraction of sp³-hybridized carbons (Fsp3) is 0.125. The molecule has 1 atom stereocenters. The highest BCUT2D eigenvalue weighted by molar-refractivity contribution is 5.59. The number of rotatable bonds is 5. The minimum atomic E-state index is -0.524. The Hall–Kier alpha value is -3.01. The number of quaternary nitrogens is 1. The van der Waals surface area contributed by atoms with Crippen LogP contribution < -0.4 is 0 Å². The first-order chi connectivity index (χ1) is 13.2. The van der Waals surface area contributed by atoms with Gasteiger partial charge in [-0.05, 0) is 0 Å². The molecule has 0 aliphatic carbocycles. The molecule has 3 nitrogen and oxygen atoms in total. The van der Waals surface area contributed by atoms with Crippen molar-refractivity contribution >= 4 is 6.34 Å². The van der Waals surface area contributed by atoms with Gasteiger partial charge in [-0.25, -0.2) is 4.48 Å². The lowest BCUT2D eigenvalue weighted by molar-refractivity contribution is -0.811. The number of hydrogen-bond donors (Lipinski definition) is 1. The third kappa shape index (κ3) is 2.72. The molecule has 3 aromatic carbocycles. The van der Waals surface area contributed by atoms with Gasteiger partial charge in [-0.2, -0.15) is 4.99 Å². The molecule has 0 saturated carbocycles. The second kappa shape index (κ2) is 6.95. The Labute approximate surface area is 160 Å². The van der Waals surface area contributed by atoms with Crippen molar-refractivity contribution in [3.05, 3.63) is 120 Å². The number of benzene rings is 3. The third-order valence-corrected chi connectivity index (χ3v) is 5.34. The lowest BCUT2D eigenvalue weighted by atomic mass is 9.74. The number of hydrogen-bond acceptors (Lipinski definition) is 2. The molecule has 1 heterocycles. The van der Waals surface area contributed by atoms with Crippen LogP contribution in [0.3, 0.4) is 0 Å². The van der Waals surface area contributed by atoms with Gasteiger partial charge < -0.3 is 5.11 Å². The van der Waals surface area contributed by atoms with Crippen LogP contribution >= 0.6 is 0 Å². The van der Waals surface area contributed by atoms with Gasteiger partial charge in [0.15, 0.2) is 11.9 Å². The fourth-order valence-electron chi connectivity index (χ4n) is 4.21. The van der Waals surface area contributed by atoms with Gasteiger partial charge in [-0.3, -0.25) is 0 Å². The van der Waals surface area contributed by atoms with Gasteiger partial charge in [0.25, 0.3) is 0 Å². The highest BCUT2D eigenvalue weighted by Crippen LogP contribution is 2.47. The Bertz CT molecular complexity index is 868. The first-order valence-electron chi connectivity index (χ1n) is 9.11. The highest BCUT2D eigenvalue weighted by atomic mass is 16.3. The van der Waals surface area contributed by atoms with Crippen LogP contribution in [0.4, 0.5) is 0 Å². The lowest BCUT2D eigenvalue weighted by Crippen LogP contribution is -2.56. The maximum absolute atomic E-state index is 9.68. The minimum absolute atomic E-state index is 0.0706. The molecule has 0 aromatic heterocycles. The molecular weight excluding hydrogens is 332 g/mol. The molecule has 0 saturated heterocycles. The summed E-state index contributed by atoms with van der Waals surface area (Å²) in [6, 6.07) is 31.6. The molecule has 27 heavy (non-hydrogen) atoms. The molecule has 4 rings (SSSR count). The summed E-state index contributed by atoms with van der Waals surface area (Å²) in [5.41, 5.74) is 3.68. The van der Waals surface area contributed by atoms with Crippen LogP contribution in [0.2, 0.25) is 0 Å². The van der Waals surface area contributed by atoms with E-state index >= 15 is 0 Å². The monoisotopic (exact) mass is 355 g/mol. The minimum Gasteiger partial charge on any atom is -0.390 e. The second-order valence-corrected chi connectivity index (χ2v) is 6.98. The third-order valence-electron chi connectivity index (χ3n) is 5.34. The largest absolute Gasteiger partial charge is 0.390 e. The Morgan fingerprint density at radius 3 is 1.48 bits per heavy atom. The van der Waals surface area contributed by atoms with E-state index in [-0.39, 0.29) is 6.61 Å². The smallest absolute Gasteiger partial charge is 0.196 e. The van der Waals surface area contributed by atoms with Crippen LogP contribution in [0.5, 0.6) is 0 Å². The molecule has 0 radical (unpaired) electrons. The van der Waals surface area contributed by atoms with E-state index in [1.54, 1.807) is 0 Å². The van der Waals surface area contributed by atoms with Gasteiger partial charge in [0.1, 0.15) is 11.9 Å². The number of aliphatic hydroxyl groups excluding tert-OH is 1. The van der Waals surface area contributed by atoms with E-state index in [1.807, 2.05) is 30.7 Å². The van der Waals surface area contributed by atoms with Crippen molar-refractivity contribution in [2.45, 2.75) is 5.54 Å². The molecule has 0 amide bonds. The van der Waals surface area contributed by atoms with Crippen LogP contribution in [0.25, 0.3) is 0 Å². The molecule has 3 aromatic rings. The van der Waals surface area contributed by atoms with Crippen molar-refractivity contribution in [2.75, 3.05) is 13.7 Å². The summed E-state index contributed by atoms with van der Waals surface area (Å²) in [7, 11) is 2.14. The fourth-order valence-corrected chi connectivity index (χ4v) is 4.21. The summed E-state index contributed by atoms with van der Waals surface area (Å²) in [6.07, 6.45) is 3.98. The van der Waals surface area contributed by atoms with Crippen LogP contribution in [-0.4, -0.2) is 29.6 Å². The van der Waals surface area contributed by atoms with Crippen molar-refractivity contribution in [3.8, 4) is 0 Å². The molecule has 1 aliphatic heterocycles. The Balaban J connectivity index is 2.11. The standard InChI is InChI=1S/C24H23N2O/c1-26(17-23(18-27)25-19-26)24(20-11-5-2-6-12-20,21-13-7-3-8-14-21)22-15-9-4-10-16-22/h2-17,19,27H,18H2,1H3/q+1. The average Bonchev–Trinajstić information content (AvgIpc) is 3.13. The topological polar surface area (TPSA) is 32.6 Å². The Morgan fingerprint density at radius 1 is 0.741 bits per heavy atom. The molecule has 0 spiro atoms. The van der Waals surface area contributed by atoms with Crippen LogP contribution in [-0.2, 0) is 5.54 Å². The summed E-state index contributed by atoms with van der Waals surface area (Å²) in [5, 5.41) is 9.68. The van der Waals surface area contributed by atoms with Crippen LogP contribution in [0.15, 0.2) is 108 Å². The van der Waals surface area contributed by atoms with Crippen molar-refractivity contribution in [1.82, 2.24) is 0 Å². The van der Waals surface area contributed by atoms with E-state index in [9.17, 15) is 5.11 Å². The molecule has 0 bridgehead atoms. The molecule has 1 N–H and O–H groups in total. The van der Waals surface area contributed by atoms with Crippen LogP contribution in [0.1, 0.15) is 16.7 Å². The van der Waals surface area contributed by atoms with E-state index in [1.165, 1.54) is 16.7 Å². The maximum Gasteiger partial charge on any atom is 0.196 e. The summed E-state index contributed by atoms with van der Waals surface area (Å²) < 4.78 is 0.418. The van der Waals surface area contributed by atoms with Gasteiger partial charge in [0, 0.05) is 16.7 Å². The lowest BCUT2D eigenvalue weighted by Gasteiger charge is -2.45. The van der Waals surface area contributed by atoms with Crippen molar-refractivity contribution < 1.29 is 9.59 Å². The zero-order valence-corrected chi connectivity index (χ0v) is 15.4. The van der Waals surface area contributed by atoms with E-state index < -0.39 is 5.54 Å². The molecule has 0 fully saturated rings. The molecule has 134 valence electrons. The quantitative estimate of drug-likeness (QED) is 0.537. The highest BCUT2D eigenvalue weighted by Gasteiger charge is 2.53. The summed E-state index contributed by atoms with van der Waals surface area (Å²) in [5.74, 6) is 0. The van der Waals surface area contributed by atoms with E-state index in [4.69, 9.17) is 0 Å². The number of nitrogens with zero attached hydrogens (tertiary/aromatic N) is 2. The van der Waals surface area contributed by atoms with Gasteiger partial charge in [0.05, 0.1) is 13.7 Å². The van der Waals surface area contributed by atoms with E-state index in [0.717, 1.165) is 0 Å². The number of aliphatic imine (C=N–C) groups is 1. The first-order valence-corrected chi connectivity index (χ1v) is 9.11. The maximum atomic E-state index is 9.68. The molecular formula is C24H23N2O+. The van der Waals surface area contributed by atoms with Gasteiger partial charge >= 0.3 is 0 Å². The normalized spacial score (nSPS) is 19.1. The average molecular weight is 355 g/mol. The molecule has 1 unspecified atom stereocenters. The molecule has 1 aliphatic rings. The first kappa shape index (κ1) is 17.4. The van der Waals surface area contributed by atoms with Crippen LogP contribution in [0, 0.1) is 0 Å². The van der Waals surface area contributed by atoms with Crippen molar-refractivity contribution in [1.29, 1.82) is 0 Å². The summed E-state index contributed by atoms with van der Waals surface area (Å²) in [4.78, 5) is 4.51. The second-order valence-electron chi connectivity index (χ2n) is 6.98. The Morgan fingerprint density at radius 2 is 1.15 bits per heavy atom. The predicted octanol–water partition coefficient (Wildman–Crippen LogP) is 4.30. The predicted molar refractivity (Wildman–Crippen MR) is 109 cm³/mol. The summed E-state index contributed by atoms with van der Waals surface area (Å²) >= 11 is 0. The van der Waals surface area contributed by atoms with Gasteiger partial charge in [-0.15, -0.1) is 0 Å². The SMILES string of the molecule is C[N+]1(C(c2ccccc2)(c2ccccc2)c2ccccc2)C=NC(CO)=C1. The van der Waals surface area contributed by atoms with Gasteiger partial charge in [0.2, 0.25) is 0 Å². The summed E-state index contributed by atoms with van der Waals surface area (Å²) in [6.45, 7) is -0.0706. The zero-order chi connectivity index (χ0) is 18.7. The number of aliphatic hydroxyl groups is 1.